The third-order valence-corrected chi connectivity index (χ3v) is 3.15. The molecule has 1 aromatic carbocycles. The molecule has 1 amide bonds. The van der Waals surface area contributed by atoms with Crippen LogP contribution in [0.15, 0.2) is 24.3 Å². The lowest BCUT2D eigenvalue weighted by molar-refractivity contribution is -0.384. The minimum Gasteiger partial charge on any atom is -0.393 e. The standard InChI is InChI=1S/C15H22N2O4/c1-11(8-12(2)18)10-16-15(19)7-6-13-4-3-5-14(9-13)17(20)21/h3-5,9,11-12,18H,6-8,10H2,1-2H3,(H,16,19). The molecule has 116 valence electrons. The second-order valence-electron chi connectivity index (χ2n) is 5.42. The maximum absolute atomic E-state index is 11.7. The number of rotatable bonds is 8. The molecule has 21 heavy (non-hydrogen) atoms. The van der Waals surface area contributed by atoms with Gasteiger partial charge in [-0.1, -0.05) is 19.1 Å². The zero-order chi connectivity index (χ0) is 15.8. The van der Waals surface area contributed by atoms with Crippen LogP contribution in [0.25, 0.3) is 0 Å². The topological polar surface area (TPSA) is 92.5 Å². The first-order valence-electron chi connectivity index (χ1n) is 7.06. The lowest BCUT2D eigenvalue weighted by Gasteiger charge is -2.14. The molecule has 0 aromatic heterocycles. The normalized spacial score (nSPS) is 13.5. The molecule has 2 N–H and O–H groups in total. The number of nitrogens with zero attached hydrogens (tertiary/aromatic N) is 1. The molecule has 0 saturated carbocycles. The number of aliphatic hydroxyl groups is 1. The van der Waals surface area contributed by atoms with Gasteiger partial charge in [0.2, 0.25) is 5.91 Å². The fourth-order valence-corrected chi connectivity index (χ4v) is 2.13. The minimum absolute atomic E-state index is 0.0402. The third kappa shape index (κ3) is 6.85. The molecule has 0 aliphatic heterocycles. The van der Waals surface area contributed by atoms with Crippen LogP contribution in [0.2, 0.25) is 0 Å². The van der Waals surface area contributed by atoms with Crippen molar-refractivity contribution >= 4 is 11.6 Å². The predicted octanol–water partition coefficient (Wildman–Crippen LogP) is 2.05. The number of aliphatic hydroxyl groups excluding tert-OH is 1. The monoisotopic (exact) mass is 294 g/mol. The van der Waals surface area contributed by atoms with Crippen molar-refractivity contribution in [3.05, 3.63) is 39.9 Å². The van der Waals surface area contributed by atoms with Crippen molar-refractivity contribution in [1.29, 1.82) is 0 Å². The molecule has 0 saturated heterocycles. The summed E-state index contributed by atoms with van der Waals surface area (Å²) in [6.07, 6.45) is 1.04. The first kappa shape index (κ1) is 17.1. The fourth-order valence-electron chi connectivity index (χ4n) is 2.13. The Balaban J connectivity index is 2.36. The zero-order valence-corrected chi connectivity index (χ0v) is 12.4. The van der Waals surface area contributed by atoms with Gasteiger partial charge in [0.25, 0.3) is 5.69 Å². The Morgan fingerprint density at radius 3 is 2.76 bits per heavy atom. The summed E-state index contributed by atoms with van der Waals surface area (Å²) in [4.78, 5) is 21.9. The van der Waals surface area contributed by atoms with Gasteiger partial charge in [0.05, 0.1) is 11.0 Å². The molecule has 0 bridgehead atoms. The Bertz CT molecular complexity index is 488. The average molecular weight is 294 g/mol. The van der Waals surface area contributed by atoms with Crippen LogP contribution in [0.5, 0.6) is 0 Å². The zero-order valence-electron chi connectivity index (χ0n) is 12.4. The Hall–Kier alpha value is -1.95. The van der Waals surface area contributed by atoms with E-state index < -0.39 is 4.92 Å². The third-order valence-electron chi connectivity index (χ3n) is 3.15. The van der Waals surface area contributed by atoms with Crippen molar-refractivity contribution in [1.82, 2.24) is 5.32 Å². The van der Waals surface area contributed by atoms with Crippen molar-refractivity contribution in [2.75, 3.05) is 6.54 Å². The maximum Gasteiger partial charge on any atom is 0.269 e. The number of nitrogens with one attached hydrogen (secondary N) is 1. The van der Waals surface area contributed by atoms with Crippen LogP contribution in [-0.4, -0.2) is 28.6 Å². The number of benzene rings is 1. The van der Waals surface area contributed by atoms with E-state index in [-0.39, 0.29) is 23.6 Å². The maximum atomic E-state index is 11.7. The SMILES string of the molecule is CC(O)CC(C)CNC(=O)CCc1cccc([N+](=O)[O-])c1. The number of amides is 1. The molecule has 0 aliphatic carbocycles. The Kier molecular flexibility index (Phi) is 6.81. The van der Waals surface area contributed by atoms with Crippen LogP contribution in [0.4, 0.5) is 5.69 Å². The lowest BCUT2D eigenvalue weighted by atomic mass is 10.0. The van der Waals surface area contributed by atoms with Gasteiger partial charge >= 0.3 is 0 Å². The number of aryl methyl sites for hydroxylation is 1. The summed E-state index contributed by atoms with van der Waals surface area (Å²) in [7, 11) is 0. The van der Waals surface area contributed by atoms with Crippen molar-refractivity contribution < 1.29 is 14.8 Å². The van der Waals surface area contributed by atoms with Crippen LogP contribution >= 0.6 is 0 Å². The van der Waals surface area contributed by atoms with E-state index >= 15 is 0 Å². The second-order valence-corrected chi connectivity index (χ2v) is 5.42. The van der Waals surface area contributed by atoms with Crippen LogP contribution in [0.1, 0.15) is 32.3 Å². The highest BCUT2D eigenvalue weighted by molar-refractivity contribution is 5.76. The number of carbonyl (C=O) groups excluding carboxylic acids is 1. The number of hydrogen-bond acceptors (Lipinski definition) is 4. The summed E-state index contributed by atoms with van der Waals surface area (Å²) < 4.78 is 0. The van der Waals surface area contributed by atoms with E-state index in [2.05, 4.69) is 5.32 Å². The van der Waals surface area contributed by atoms with Gasteiger partial charge in [-0.15, -0.1) is 0 Å². The quantitative estimate of drug-likeness (QED) is 0.567. The summed E-state index contributed by atoms with van der Waals surface area (Å²) in [5, 5.41) is 22.7. The lowest BCUT2D eigenvalue weighted by Crippen LogP contribution is -2.29. The number of carbonyl (C=O) groups is 1. The van der Waals surface area contributed by atoms with E-state index in [1.54, 1.807) is 19.1 Å². The predicted molar refractivity (Wildman–Crippen MR) is 79.9 cm³/mol. The van der Waals surface area contributed by atoms with Gasteiger partial charge in [0.15, 0.2) is 0 Å². The summed E-state index contributed by atoms with van der Waals surface area (Å²) in [5.41, 5.74) is 0.815. The Labute approximate surface area is 124 Å². The van der Waals surface area contributed by atoms with Gasteiger partial charge in [-0.3, -0.25) is 14.9 Å². The summed E-state index contributed by atoms with van der Waals surface area (Å²) in [6, 6.07) is 6.32. The molecule has 0 aliphatic rings. The first-order valence-corrected chi connectivity index (χ1v) is 7.06. The van der Waals surface area contributed by atoms with Crippen molar-refractivity contribution in [3.63, 3.8) is 0 Å². The van der Waals surface area contributed by atoms with Crippen LogP contribution in [0, 0.1) is 16.0 Å². The van der Waals surface area contributed by atoms with E-state index in [1.807, 2.05) is 6.92 Å². The van der Waals surface area contributed by atoms with E-state index in [0.29, 0.717) is 25.8 Å². The number of nitro benzene ring substituents is 1. The fraction of sp³-hybridized carbons (Fsp3) is 0.533. The van der Waals surface area contributed by atoms with Gasteiger partial charge in [0, 0.05) is 25.1 Å². The van der Waals surface area contributed by atoms with E-state index in [4.69, 9.17) is 0 Å². The van der Waals surface area contributed by atoms with Gasteiger partial charge in [-0.05, 0) is 31.2 Å². The minimum atomic E-state index is -0.443. The van der Waals surface area contributed by atoms with Crippen molar-refractivity contribution in [2.24, 2.45) is 5.92 Å². The molecule has 1 rings (SSSR count). The summed E-state index contributed by atoms with van der Waals surface area (Å²) in [5.74, 6) is 0.130. The van der Waals surface area contributed by atoms with Gasteiger partial charge in [-0.25, -0.2) is 0 Å². The molecule has 0 heterocycles. The number of hydrogen-bond donors (Lipinski definition) is 2. The van der Waals surface area contributed by atoms with Crippen molar-refractivity contribution in [2.45, 2.75) is 39.2 Å². The number of nitro groups is 1. The van der Waals surface area contributed by atoms with E-state index in [0.717, 1.165) is 5.56 Å². The highest BCUT2D eigenvalue weighted by atomic mass is 16.6. The average Bonchev–Trinajstić information content (AvgIpc) is 2.42. The first-order chi connectivity index (χ1) is 9.88. The molecule has 0 fully saturated rings. The van der Waals surface area contributed by atoms with Gasteiger partial charge in [0.1, 0.15) is 0 Å². The molecule has 2 atom stereocenters. The highest BCUT2D eigenvalue weighted by Gasteiger charge is 2.10. The molecule has 2 unspecified atom stereocenters. The Morgan fingerprint density at radius 2 is 2.14 bits per heavy atom. The molecular weight excluding hydrogens is 272 g/mol. The Morgan fingerprint density at radius 1 is 1.43 bits per heavy atom. The van der Waals surface area contributed by atoms with E-state index in [9.17, 15) is 20.0 Å². The molecule has 1 aromatic rings. The number of non-ortho nitro benzene ring substituents is 1. The van der Waals surface area contributed by atoms with Crippen LogP contribution in [0.3, 0.4) is 0 Å². The van der Waals surface area contributed by atoms with Gasteiger partial charge < -0.3 is 10.4 Å². The highest BCUT2D eigenvalue weighted by Crippen LogP contribution is 2.14. The van der Waals surface area contributed by atoms with Crippen LogP contribution in [-0.2, 0) is 11.2 Å². The van der Waals surface area contributed by atoms with Crippen molar-refractivity contribution in [3.8, 4) is 0 Å². The summed E-state index contributed by atoms with van der Waals surface area (Å²) >= 11 is 0. The van der Waals surface area contributed by atoms with Crippen LogP contribution < -0.4 is 5.32 Å². The van der Waals surface area contributed by atoms with Gasteiger partial charge in [-0.2, -0.15) is 0 Å². The smallest absolute Gasteiger partial charge is 0.269 e. The van der Waals surface area contributed by atoms with E-state index in [1.165, 1.54) is 12.1 Å². The largest absolute Gasteiger partial charge is 0.393 e. The molecular formula is C15H22N2O4. The molecule has 6 heteroatoms. The second kappa shape index (κ2) is 8.36. The molecule has 6 nitrogen and oxygen atoms in total. The molecule has 0 spiro atoms. The summed E-state index contributed by atoms with van der Waals surface area (Å²) in [6.45, 7) is 4.22. The molecule has 0 radical (unpaired) electrons.